The molecule has 100 valence electrons. The summed E-state index contributed by atoms with van der Waals surface area (Å²) in [6.07, 6.45) is 0. The lowest BCUT2D eigenvalue weighted by atomic mass is 10.2. The van der Waals surface area contributed by atoms with Crippen LogP contribution in [0, 0.1) is 5.82 Å². The molecule has 1 aromatic carbocycles. The maximum absolute atomic E-state index is 13.0. The summed E-state index contributed by atoms with van der Waals surface area (Å²) in [5.74, 6) is -0.171. The minimum atomic E-state index is -0.171. The van der Waals surface area contributed by atoms with E-state index in [1.807, 2.05) is 6.07 Å². The van der Waals surface area contributed by atoms with Crippen LogP contribution in [0.15, 0.2) is 24.3 Å². The molecule has 1 unspecified atom stereocenters. The van der Waals surface area contributed by atoms with Crippen LogP contribution in [-0.4, -0.2) is 43.8 Å². The summed E-state index contributed by atoms with van der Waals surface area (Å²) in [6, 6.07) is 7.14. The van der Waals surface area contributed by atoms with Crippen molar-refractivity contribution in [3.05, 3.63) is 35.6 Å². The highest BCUT2D eigenvalue weighted by atomic mass is 19.1. The minimum Gasteiger partial charge on any atom is -0.379 e. The van der Waals surface area contributed by atoms with Crippen LogP contribution in [0.2, 0.25) is 0 Å². The van der Waals surface area contributed by atoms with E-state index in [0.29, 0.717) is 12.6 Å². The average molecular weight is 252 g/mol. The first kappa shape index (κ1) is 13.5. The number of halogens is 1. The molecule has 0 amide bonds. The lowest BCUT2D eigenvalue weighted by Gasteiger charge is -2.29. The second-order valence-corrected chi connectivity index (χ2v) is 4.82. The smallest absolute Gasteiger partial charge is 0.123 e. The third-order valence-electron chi connectivity index (χ3n) is 3.18. The van der Waals surface area contributed by atoms with Gasteiger partial charge < -0.3 is 10.1 Å². The topological polar surface area (TPSA) is 24.5 Å². The summed E-state index contributed by atoms with van der Waals surface area (Å²) in [4.78, 5) is 2.40. The third kappa shape index (κ3) is 4.37. The number of morpholine rings is 1. The van der Waals surface area contributed by atoms with Gasteiger partial charge in [-0.3, -0.25) is 4.90 Å². The Kier molecular flexibility index (Phi) is 5.11. The zero-order chi connectivity index (χ0) is 12.8. The van der Waals surface area contributed by atoms with Gasteiger partial charge in [-0.05, 0) is 24.6 Å². The monoisotopic (exact) mass is 252 g/mol. The van der Waals surface area contributed by atoms with E-state index in [0.717, 1.165) is 38.4 Å². The molecule has 0 aromatic heterocycles. The van der Waals surface area contributed by atoms with Crippen molar-refractivity contribution in [1.82, 2.24) is 10.2 Å². The highest BCUT2D eigenvalue weighted by molar-refractivity contribution is 5.16. The first-order chi connectivity index (χ1) is 8.74. The molecule has 4 heteroatoms. The Morgan fingerprint density at radius 1 is 1.39 bits per heavy atom. The van der Waals surface area contributed by atoms with Crippen molar-refractivity contribution in [2.45, 2.75) is 19.5 Å². The summed E-state index contributed by atoms with van der Waals surface area (Å²) in [5, 5.41) is 3.42. The number of ether oxygens (including phenoxy) is 1. The molecule has 1 aliphatic rings. The fourth-order valence-electron chi connectivity index (χ4n) is 2.17. The Bertz CT molecular complexity index is 367. The van der Waals surface area contributed by atoms with E-state index in [2.05, 4.69) is 17.1 Å². The quantitative estimate of drug-likeness (QED) is 0.862. The molecule has 0 radical (unpaired) electrons. The van der Waals surface area contributed by atoms with E-state index in [4.69, 9.17) is 4.74 Å². The number of nitrogens with one attached hydrogen (secondary N) is 1. The largest absolute Gasteiger partial charge is 0.379 e. The number of benzene rings is 1. The minimum absolute atomic E-state index is 0.171. The fourth-order valence-corrected chi connectivity index (χ4v) is 2.17. The van der Waals surface area contributed by atoms with Crippen molar-refractivity contribution in [3.8, 4) is 0 Å². The van der Waals surface area contributed by atoms with Gasteiger partial charge in [-0.2, -0.15) is 0 Å². The Morgan fingerprint density at radius 3 is 2.89 bits per heavy atom. The molecule has 3 nitrogen and oxygen atoms in total. The van der Waals surface area contributed by atoms with Crippen molar-refractivity contribution in [1.29, 1.82) is 0 Å². The van der Waals surface area contributed by atoms with Gasteiger partial charge in [0.2, 0.25) is 0 Å². The van der Waals surface area contributed by atoms with Gasteiger partial charge >= 0.3 is 0 Å². The molecule has 0 spiro atoms. The molecule has 0 saturated carbocycles. The van der Waals surface area contributed by atoms with Gasteiger partial charge in [0.1, 0.15) is 5.82 Å². The van der Waals surface area contributed by atoms with Gasteiger partial charge in [-0.1, -0.05) is 12.1 Å². The van der Waals surface area contributed by atoms with Crippen LogP contribution in [0.4, 0.5) is 4.39 Å². The van der Waals surface area contributed by atoms with E-state index in [1.165, 1.54) is 6.07 Å². The zero-order valence-corrected chi connectivity index (χ0v) is 10.9. The van der Waals surface area contributed by atoms with Crippen LogP contribution >= 0.6 is 0 Å². The molecule has 1 saturated heterocycles. The Hall–Kier alpha value is -0.970. The number of rotatable bonds is 5. The van der Waals surface area contributed by atoms with Crippen LogP contribution in [0.25, 0.3) is 0 Å². The van der Waals surface area contributed by atoms with Gasteiger partial charge in [0.25, 0.3) is 0 Å². The highest BCUT2D eigenvalue weighted by Gasteiger charge is 2.13. The van der Waals surface area contributed by atoms with Gasteiger partial charge in [0.15, 0.2) is 0 Å². The van der Waals surface area contributed by atoms with Crippen LogP contribution < -0.4 is 5.32 Å². The zero-order valence-electron chi connectivity index (χ0n) is 10.9. The Labute approximate surface area is 108 Å². The van der Waals surface area contributed by atoms with Crippen molar-refractivity contribution < 1.29 is 9.13 Å². The standard InChI is InChI=1S/C14H21FN2O/c1-12(11-17-5-7-18-8-6-17)16-10-13-3-2-4-14(15)9-13/h2-4,9,12,16H,5-8,10-11H2,1H3. The molecule has 18 heavy (non-hydrogen) atoms. The van der Waals surface area contributed by atoms with Crippen molar-refractivity contribution in [2.75, 3.05) is 32.8 Å². The van der Waals surface area contributed by atoms with Gasteiger partial charge in [0.05, 0.1) is 13.2 Å². The predicted octanol–water partition coefficient (Wildman–Crippen LogP) is 1.64. The van der Waals surface area contributed by atoms with E-state index < -0.39 is 0 Å². The second kappa shape index (κ2) is 6.83. The van der Waals surface area contributed by atoms with Crippen LogP contribution in [-0.2, 0) is 11.3 Å². The lowest BCUT2D eigenvalue weighted by Crippen LogP contribution is -2.44. The van der Waals surface area contributed by atoms with Crippen LogP contribution in [0.1, 0.15) is 12.5 Å². The summed E-state index contributed by atoms with van der Waals surface area (Å²) in [5.41, 5.74) is 0.990. The summed E-state index contributed by atoms with van der Waals surface area (Å²) >= 11 is 0. The molecule has 1 atom stereocenters. The Morgan fingerprint density at radius 2 is 2.17 bits per heavy atom. The number of nitrogens with zero attached hydrogens (tertiary/aromatic N) is 1. The van der Waals surface area contributed by atoms with Crippen molar-refractivity contribution in [2.24, 2.45) is 0 Å². The molecule has 0 bridgehead atoms. The van der Waals surface area contributed by atoms with E-state index in [1.54, 1.807) is 12.1 Å². The summed E-state index contributed by atoms with van der Waals surface area (Å²) in [7, 11) is 0. The number of hydrogen-bond donors (Lipinski definition) is 1. The van der Waals surface area contributed by atoms with E-state index >= 15 is 0 Å². The first-order valence-corrected chi connectivity index (χ1v) is 6.52. The maximum atomic E-state index is 13.0. The van der Waals surface area contributed by atoms with Crippen LogP contribution in [0.5, 0.6) is 0 Å². The SMILES string of the molecule is CC(CN1CCOCC1)NCc1cccc(F)c1. The third-order valence-corrected chi connectivity index (χ3v) is 3.18. The van der Waals surface area contributed by atoms with Crippen molar-refractivity contribution >= 4 is 0 Å². The molecule has 1 N–H and O–H groups in total. The molecule has 1 heterocycles. The van der Waals surface area contributed by atoms with Gasteiger partial charge in [0, 0.05) is 32.2 Å². The molecule has 1 aliphatic heterocycles. The fraction of sp³-hybridized carbons (Fsp3) is 0.571. The van der Waals surface area contributed by atoms with Gasteiger partial charge in [-0.15, -0.1) is 0 Å². The van der Waals surface area contributed by atoms with Crippen molar-refractivity contribution in [3.63, 3.8) is 0 Å². The second-order valence-electron chi connectivity index (χ2n) is 4.82. The number of hydrogen-bond acceptors (Lipinski definition) is 3. The molecule has 1 aromatic rings. The lowest BCUT2D eigenvalue weighted by molar-refractivity contribution is 0.0343. The molecule has 0 aliphatic carbocycles. The summed E-state index contributed by atoms with van der Waals surface area (Å²) in [6.45, 7) is 7.56. The van der Waals surface area contributed by atoms with Gasteiger partial charge in [-0.25, -0.2) is 4.39 Å². The molecular weight excluding hydrogens is 231 g/mol. The summed E-state index contributed by atoms with van der Waals surface area (Å²) < 4.78 is 18.3. The molecule has 1 fully saturated rings. The van der Waals surface area contributed by atoms with E-state index in [-0.39, 0.29) is 5.82 Å². The predicted molar refractivity (Wildman–Crippen MR) is 70.0 cm³/mol. The first-order valence-electron chi connectivity index (χ1n) is 6.52. The average Bonchev–Trinajstić information content (AvgIpc) is 2.38. The normalized spacial score (nSPS) is 18.8. The molecular formula is C14H21FN2O. The molecule has 2 rings (SSSR count). The van der Waals surface area contributed by atoms with Crippen LogP contribution in [0.3, 0.4) is 0 Å². The highest BCUT2D eigenvalue weighted by Crippen LogP contribution is 2.04. The maximum Gasteiger partial charge on any atom is 0.123 e. The Balaban J connectivity index is 1.72. The van der Waals surface area contributed by atoms with E-state index in [9.17, 15) is 4.39 Å².